The van der Waals surface area contributed by atoms with Crippen molar-refractivity contribution in [3.63, 3.8) is 0 Å². The van der Waals surface area contributed by atoms with Crippen LogP contribution in [0.1, 0.15) is 54.0 Å². The van der Waals surface area contributed by atoms with Gasteiger partial charge in [0.2, 0.25) is 5.91 Å². The van der Waals surface area contributed by atoms with Gasteiger partial charge in [0.1, 0.15) is 23.1 Å². The van der Waals surface area contributed by atoms with Crippen LogP contribution >= 0.6 is 0 Å². The van der Waals surface area contributed by atoms with E-state index in [1.807, 2.05) is 20.8 Å². The van der Waals surface area contributed by atoms with Crippen LogP contribution in [0.3, 0.4) is 0 Å². The Labute approximate surface area is 161 Å². The lowest BCUT2D eigenvalue weighted by Crippen LogP contribution is -2.57. The highest BCUT2D eigenvalue weighted by molar-refractivity contribution is 5.93. The van der Waals surface area contributed by atoms with Crippen LogP contribution in [0, 0.1) is 11.2 Å². The summed E-state index contributed by atoms with van der Waals surface area (Å²) in [6, 6.07) is 6.01. The second-order valence-electron chi connectivity index (χ2n) is 9.58. The number of hydrogen-bond acceptors (Lipinski definition) is 3. The summed E-state index contributed by atoms with van der Waals surface area (Å²) < 4.78 is 18.9. The number of carbonyl (C=O) groups excluding carboxylic acids is 2. The summed E-state index contributed by atoms with van der Waals surface area (Å²) in [5.74, 6) is -0.493. The van der Waals surface area contributed by atoms with Gasteiger partial charge in [-0.15, -0.1) is 0 Å². The van der Waals surface area contributed by atoms with Gasteiger partial charge in [-0.1, -0.05) is 32.9 Å². The Kier molecular flexibility index (Phi) is 5.34. The molecule has 2 amide bonds. The number of carbonyl (C=O) groups is 2. The number of nitrogens with zero attached hydrogens (tertiary/aromatic N) is 2. The zero-order chi connectivity index (χ0) is 20.8. The lowest BCUT2D eigenvalue weighted by Gasteiger charge is -2.42. The lowest BCUT2D eigenvalue weighted by molar-refractivity contribution is -0.132. The maximum Gasteiger partial charge on any atom is 0.412 e. The van der Waals surface area contributed by atoms with Gasteiger partial charge in [-0.05, 0) is 45.4 Å². The fourth-order valence-electron chi connectivity index (χ4n) is 3.78. The molecule has 1 saturated heterocycles. The topological polar surface area (TPSA) is 49.9 Å². The maximum atomic E-state index is 13.3. The zero-order valence-corrected chi connectivity index (χ0v) is 17.6. The molecule has 1 aromatic carbocycles. The molecule has 0 aliphatic carbocycles. The van der Waals surface area contributed by atoms with E-state index in [1.165, 1.54) is 12.1 Å². The van der Waals surface area contributed by atoms with Crippen LogP contribution in [0.5, 0.6) is 0 Å². The predicted octanol–water partition coefficient (Wildman–Crippen LogP) is 4.21. The van der Waals surface area contributed by atoms with Gasteiger partial charge in [-0.3, -0.25) is 9.69 Å². The Morgan fingerprint density at radius 3 is 2.11 bits per heavy atom. The Balaban J connectivity index is 2.51. The van der Waals surface area contributed by atoms with E-state index in [0.717, 1.165) is 5.56 Å². The van der Waals surface area contributed by atoms with Crippen molar-refractivity contribution in [1.29, 1.82) is 0 Å². The molecule has 0 unspecified atom stereocenters. The molecule has 150 valence electrons. The molecular formula is C21H31FN2O3. The normalized spacial score (nSPS) is 23.7. The molecule has 27 heavy (non-hydrogen) atoms. The fourth-order valence-corrected chi connectivity index (χ4v) is 3.78. The molecule has 1 aliphatic heterocycles. The number of benzene rings is 1. The lowest BCUT2D eigenvalue weighted by atomic mass is 9.88. The molecule has 1 heterocycles. The Hall–Kier alpha value is -2.11. The van der Waals surface area contributed by atoms with Crippen molar-refractivity contribution in [2.24, 2.45) is 5.41 Å². The quantitative estimate of drug-likeness (QED) is 0.775. The van der Waals surface area contributed by atoms with Crippen LogP contribution < -0.4 is 0 Å². The number of hydrogen-bond donors (Lipinski definition) is 0. The van der Waals surface area contributed by atoms with Crippen LogP contribution in [0.2, 0.25) is 0 Å². The first-order valence-electron chi connectivity index (χ1n) is 9.21. The molecule has 1 aliphatic rings. The first-order chi connectivity index (χ1) is 12.2. The molecule has 5 nitrogen and oxygen atoms in total. The molecular weight excluding hydrogens is 347 g/mol. The summed E-state index contributed by atoms with van der Waals surface area (Å²) in [4.78, 5) is 29.6. The monoisotopic (exact) mass is 378 g/mol. The van der Waals surface area contributed by atoms with E-state index < -0.39 is 23.4 Å². The van der Waals surface area contributed by atoms with Crippen molar-refractivity contribution < 1.29 is 18.7 Å². The maximum absolute atomic E-state index is 13.3. The van der Waals surface area contributed by atoms with E-state index >= 15 is 0 Å². The molecule has 0 N–H and O–H groups in total. The average Bonchev–Trinajstić information content (AvgIpc) is 2.69. The Bertz CT molecular complexity index is 718. The van der Waals surface area contributed by atoms with Gasteiger partial charge in [0.25, 0.3) is 0 Å². The average molecular weight is 378 g/mol. The van der Waals surface area contributed by atoms with Gasteiger partial charge in [-0.25, -0.2) is 9.18 Å². The van der Waals surface area contributed by atoms with E-state index in [9.17, 15) is 14.0 Å². The molecule has 2 atom stereocenters. The summed E-state index contributed by atoms with van der Waals surface area (Å²) in [6.07, 6.45) is -0.697. The molecule has 6 heteroatoms. The minimum atomic E-state index is -1.12. The second kappa shape index (κ2) is 6.80. The largest absolute Gasteiger partial charge is 0.444 e. The number of amides is 2. The fraction of sp³-hybridized carbons (Fsp3) is 0.619. The summed E-state index contributed by atoms with van der Waals surface area (Å²) in [6.45, 7) is 13.1. The third kappa shape index (κ3) is 4.25. The highest BCUT2D eigenvalue weighted by atomic mass is 19.1. The number of ether oxygens (including phenoxy) is 1. The van der Waals surface area contributed by atoms with Gasteiger partial charge < -0.3 is 9.64 Å². The van der Waals surface area contributed by atoms with Crippen LogP contribution in [0.15, 0.2) is 24.3 Å². The van der Waals surface area contributed by atoms with Crippen molar-refractivity contribution in [2.45, 2.75) is 72.2 Å². The van der Waals surface area contributed by atoms with Crippen molar-refractivity contribution >= 4 is 12.0 Å². The van der Waals surface area contributed by atoms with Crippen LogP contribution in [-0.2, 0) is 16.0 Å². The first-order valence-corrected chi connectivity index (χ1v) is 9.21. The number of rotatable bonds is 2. The number of likely N-dealkylation sites (N-methyl/N-ethyl adjacent to an activating group) is 1. The highest BCUT2D eigenvalue weighted by Gasteiger charge is 2.59. The SMILES string of the molecule is CN1C(=O)[C@](C)(Cc2ccc(F)cc2)N(C(=O)OC(C)(C)C)[C@@H]1C(C)(C)C. The molecule has 2 rings (SSSR count). The van der Waals surface area contributed by atoms with Crippen molar-refractivity contribution in [3.8, 4) is 0 Å². The molecule has 0 radical (unpaired) electrons. The first kappa shape index (κ1) is 21.2. The summed E-state index contributed by atoms with van der Waals surface area (Å²) in [7, 11) is 1.71. The third-order valence-electron chi connectivity index (χ3n) is 4.75. The predicted molar refractivity (Wildman–Crippen MR) is 103 cm³/mol. The molecule has 0 aromatic heterocycles. The molecule has 1 fully saturated rings. The van der Waals surface area contributed by atoms with Crippen LogP contribution in [-0.4, -0.2) is 46.2 Å². The summed E-state index contributed by atoms with van der Waals surface area (Å²) in [5.41, 5.74) is -1.39. The van der Waals surface area contributed by atoms with Crippen molar-refractivity contribution in [1.82, 2.24) is 9.80 Å². The van der Waals surface area contributed by atoms with Gasteiger partial charge in [0, 0.05) is 18.9 Å². The van der Waals surface area contributed by atoms with E-state index in [1.54, 1.807) is 56.7 Å². The van der Waals surface area contributed by atoms with Crippen molar-refractivity contribution in [2.75, 3.05) is 7.05 Å². The van der Waals surface area contributed by atoms with Gasteiger partial charge in [0.05, 0.1) is 0 Å². The van der Waals surface area contributed by atoms with Gasteiger partial charge in [0.15, 0.2) is 0 Å². The highest BCUT2D eigenvalue weighted by Crippen LogP contribution is 2.41. The Morgan fingerprint density at radius 1 is 1.15 bits per heavy atom. The van der Waals surface area contributed by atoms with Crippen LogP contribution in [0.25, 0.3) is 0 Å². The molecule has 0 spiro atoms. The standard InChI is InChI=1S/C21H31FN2O3/c1-19(2,3)16-23(8)17(25)21(7,13-14-9-11-15(22)12-10-14)24(16)18(26)27-20(4,5)6/h9-12,16H,13H2,1-8H3/t16-,21+/m1/s1. The Morgan fingerprint density at radius 2 is 1.67 bits per heavy atom. The van der Waals surface area contributed by atoms with E-state index in [0.29, 0.717) is 0 Å². The minimum absolute atomic E-state index is 0.155. The van der Waals surface area contributed by atoms with E-state index in [2.05, 4.69) is 0 Å². The van der Waals surface area contributed by atoms with Gasteiger partial charge in [-0.2, -0.15) is 0 Å². The second-order valence-corrected chi connectivity index (χ2v) is 9.58. The summed E-state index contributed by atoms with van der Waals surface area (Å²) >= 11 is 0. The smallest absolute Gasteiger partial charge is 0.412 e. The zero-order valence-electron chi connectivity index (χ0n) is 17.6. The minimum Gasteiger partial charge on any atom is -0.444 e. The molecule has 1 aromatic rings. The molecule has 0 saturated carbocycles. The van der Waals surface area contributed by atoms with Crippen molar-refractivity contribution in [3.05, 3.63) is 35.6 Å². The van der Waals surface area contributed by atoms with E-state index in [4.69, 9.17) is 4.74 Å². The molecule has 0 bridgehead atoms. The van der Waals surface area contributed by atoms with Gasteiger partial charge >= 0.3 is 6.09 Å². The number of halogens is 1. The third-order valence-corrected chi connectivity index (χ3v) is 4.75. The van der Waals surface area contributed by atoms with Crippen LogP contribution in [0.4, 0.5) is 9.18 Å². The van der Waals surface area contributed by atoms with E-state index in [-0.39, 0.29) is 23.6 Å². The summed E-state index contributed by atoms with van der Waals surface area (Å²) in [5, 5.41) is 0.